The second-order valence-electron chi connectivity index (χ2n) is 1.97. The SMILES string of the molecule is [CH2]SC(=O)CCCCC. The fourth-order valence-corrected chi connectivity index (χ4v) is 0.880. The molecule has 0 heterocycles. The quantitative estimate of drug-likeness (QED) is 0.566. The molecule has 0 unspecified atom stereocenters. The van der Waals surface area contributed by atoms with Crippen LogP contribution in [0.15, 0.2) is 0 Å². The minimum atomic E-state index is 0.212. The summed E-state index contributed by atoms with van der Waals surface area (Å²) in [6.45, 7) is 2.13. The van der Waals surface area contributed by atoms with Crippen molar-refractivity contribution in [2.75, 3.05) is 0 Å². The minimum Gasteiger partial charge on any atom is -0.287 e. The zero-order valence-electron chi connectivity index (χ0n) is 5.85. The Morgan fingerprint density at radius 2 is 2.22 bits per heavy atom. The van der Waals surface area contributed by atoms with E-state index in [1.165, 1.54) is 6.42 Å². The molecule has 0 aromatic heterocycles. The molecule has 1 radical (unpaired) electrons. The zero-order valence-corrected chi connectivity index (χ0v) is 6.67. The van der Waals surface area contributed by atoms with Crippen molar-refractivity contribution in [3.05, 3.63) is 6.26 Å². The molecule has 0 aliphatic carbocycles. The maximum Gasteiger partial charge on any atom is 0.188 e. The number of thioether (sulfide) groups is 1. The van der Waals surface area contributed by atoms with Gasteiger partial charge in [0.05, 0.1) is 0 Å². The van der Waals surface area contributed by atoms with Crippen molar-refractivity contribution >= 4 is 16.9 Å². The number of hydrogen-bond acceptors (Lipinski definition) is 2. The summed E-state index contributed by atoms with van der Waals surface area (Å²) in [6.07, 6.45) is 7.49. The highest BCUT2D eigenvalue weighted by Gasteiger charge is 1.95. The third-order valence-electron chi connectivity index (χ3n) is 1.15. The van der Waals surface area contributed by atoms with Crippen LogP contribution in [0.4, 0.5) is 0 Å². The highest BCUT2D eigenvalue weighted by Crippen LogP contribution is 2.06. The average molecular weight is 145 g/mol. The Hall–Kier alpha value is 0.0200. The summed E-state index contributed by atoms with van der Waals surface area (Å²) in [4.78, 5) is 10.6. The number of rotatable bonds is 4. The molecule has 0 saturated carbocycles. The van der Waals surface area contributed by atoms with Gasteiger partial charge in [0, 0.05) is 12.7 Å². The van der Waals surface area contributed by atoms with Crippen molar-refractivity contribution < 1.29 is 4.79 Å². The Morgan fingerprint density at radius 3 is 2.67 bits per heavy atom. The smallest absolute Gasteiger partial charge is 0.188 e. The summed E-state index contributed by atoms with van der Waals surface area (Å²) in [5, 5.41) is 0.212. The number of unbranched alkanes of at least 4 members (excludes halogenated alkanes) is 2. The Morgan fingerprint density at radius 1 is 1.56 bits per heavy atom. The summed E-state index contributed by atoms with van der Waals surface area (Å²) in [5.74, 6) is 0. The standard InChI is InChI=1S/C7H13OS/c1-3-4-5-6-7(8)9-2/h2-6H2,1H3. The van der Waals surface area contributed by atoms with E-state index in [1.807, 2.05) is 0 Å². The van der Waals surface area contributed by atoms with E-state index in [4.69, 9.17) is 0 Å². The minimum absolute atomic E-state index is 0.212. The fraction of sp³-hybridized carbons (Fsp3) is 0.714. The normalized spacial score (nSPS) is 9.56. The van der Waals surface area contributed by atoms with Gasteiger partial charge in [0.1, 0.15) is 0 Å². The van der Waals surface area contributed by atoms with Gasteiger partial charge in [-0.3, -0.25) is 4.79 Å². The van der Waals surface area contributed by atoms with Gasteiger partial charge < -0.3 is 0 Å². The van der Waals surface area contributed by atoms with E-state index in [0.717, 1.165) is 24.6 Å². The first-order chi connectivity index (χ1) is 4.31. The molecule has 0 fully saturated rings. The molecule has 0 bridgehead atoms. The van der Waals surface area contributed by atoms with E-state index in [-0.39, 0.29) is 5.12 Å². The van der Waals surface area contributed by atoms with Crippen LogP contribution in [0, 0.1) is 6.26 Å². The molecule has 1 nitrogen and oxygen atoms in total. The van der Waals surface area contributed by atoms with E-state index in [9.17, 15) is 4.79 Å². The third-order valence-corrected chi connectivity index (χ3v) is 1.67. The van der Waals surface area contributed by atoms with E-state index < -0.39 is 0 Å². The molecule has 0 spiro atoms. The molecule has 0 amide bonds. The van der Waals surface area contributed by atoms with Crippen molar-refractivity contribution in [2.45, 2.75) is 32.6 Å². The number of carbonyl (C=O) groups excluding carboxylic acids is 1. The molecule has 0 aliphatic rings. The van der Waals surface area contributed by atoms with Crippen LogP contribution in [-0.4, -0.2) is 5.12 Å². The second-order valence-corrected chi connectivity index (χ2v) is 2.72. The predicted molar refractivity (Wildman–Crippen MR) is 42.1 cm³/mol. The molecule has 0 aromatic rings. The average Bonchev–Trinajstić information content (AvgIpc) is 1.89. The van der Waals surface area contributed by atoms with Crippen LogP contribution in [0.5, 0.6) is 0 Å². The first-order valence-electron chi connectivity index (χ1n) is 3.26. The molecular formula is C7H13OS. The van der Waals surface area contributed by atoms with E-state index >= 15 is 0 Å². The van der Waals surface area contributed by atoms with Crippen LogP contribution in [0.3, 0.4) is 0 Å². The van der Waals surface area contributed by atoms with Crippen molar-refractivity contribution in [3.63, 3.8) is 0 Å². The van der Waals surface area contributed by atoms with Crippen LogP contribution in [0.2, 0.25) is 0 Å². The van der Waals surface area contributed by atoms with Gasteiger partial charge in [-0.1, -0.05) is 31.5 Å². The summed E-state index contributed by atoms with van der Waals surface area (Å²) < 4.78 is 0. The largest absolute Gasteiger partial charge is 0.287 e. The first kappa shape index (κ1) is 9.02. The van der Waals surface area contributed by atoms with Gasteiger partial charge in [-0.25, -0.2) is 0 Å². The van der Waals surface area contributed by atoms with Gasteiger partial charge in [-0.2, -0.15) is 0 Å². The summed E-state index contributed by atoms with van der Waals surface area (Å²) in [6, 6.07) is 0. The van der Waals surface area contributed by atoms with Gasteiger partial charge in [-0.15, -0.1) is 0 Å². The van der Waals surface area contributed by atoms with Crippen LogP contribution in [0.25, 0.3) is 0 Å². The molecule has 2 heteroatoms. The van der Waals surface area contributed by atoms with Gasteiger partial charge in [0.25, 0.3) is 0 Å². The molecule has 53 valence electrons. The van der Waals surface area contributed by atoms with Crippen molar-refractivity contribution in [1.29, 1.82) is 0 Å². The predicted octanol–water partition coefficient (Wildman–Crippen LogP) is 2.62. The van der Waals surface area contributed by atoms with Gasteiger partial charge in [0.2, 0.25) is 0 Å². The number of carbonyl (C=O) groups is 1. The van der Waals surface area contributed by atoms with Gasteiger partial charge in [-0.05, 0) is 6.42 Å². The Bertz CT molecular complexity index is 81.0. The topological polar surface area (TPSA) is 17.1 Å². The lowest BCUT2D eigenvalue weighted by molar-refractivity contribution is -0.111. The summed E-state index contributed by atoms with van der Waals surface area (Å²) >= 11 is 1.09. The first-order valence-corrected chi connectivity index (χ1v) is 4.24. The van der Waals surface area contributed by atoms with Crippen molar-refractivity contribution in [3.8, 4) is 0 Å². The lowest BCUT2D eigenvalue weighted by Gasteiger charge is -1.93. The molecule has 0 saturated heterocycles. The fourth-order valence-electron chi connectivity index (χ4n) is 0.592. The van der Waals surface area contributed by atoms with Crippen molar-refractivity contribution in [2.24, 2.45) is 0 Å². The zero-order chi connectivity index (χ0) is 7.11. The molecule has 0 rings (SSSR count). The molecular weight excluding hydrogens is 132 g/mol. The maximum absolute atomic E-state index is 10.6. The van der Waals surface area contributed by atoms with Crippen molar-refractivity contribution in [1.82, 2.24) is 0 Å². The lowest BCUT2D eigenvalue weighted by Crippen LogP contribution is -1.87. The maximum atomic E-state index is 10.6. The van der Waals surface area contributed by atoms with E-state index in [0.29, 0.717) is 6.42 Å². The highest BCUT2D eigenvalue weighted by molar-refractivity contribution is 8.14. The number of hydrogen-bond donors (Lipinski definition) is 0. The Labute approximate surface area is 61.2 Å². The molecule has 0 aliphatic heterocycles. The van der Waals surface area contributed by atoms with Crippen LogP contribution < -0.4 is 0 Å². The van der Waals surface area contributed by atoms with E-state index in [1.54, 1.807) is 0 Å². The summed E-state index contributed by atoms with van der Waals surface area (Å²) in [5.41, 5.74) is 0. The lowest BCUT2D eigenvalue weighted by atomic mass is 10.2. The van der Waals surface area contributed by atoms with Crippen LogP contribution in [0.1, 0.15) is 32.6 Å². The highest BCUT2D eigenvalue weighted by atomic mass is 32.2. The second kappa shape index (κ2) is 6.14. The molecule has 0 atom stereocenters. The Balaban J connectivity index is 2.97. The molecule has 0 N–H and O–H groups in total. The van der Waals surface area contributed by atoms with E-state index in [2.05, 4.69) is 13.2 Å². The third kappa shape index (κ3) is 5.90. The monoisotopic (exact) mass is 145 g/mol. The molecule has 9 heavy (non-hydrogen) atoms. The van der Waals surface area contributed by atoms with Gasteiger partial charge in [0.15, 0.2) is 5.12 Å². The van der Waals surface area contributed by atoms with Crippen LogP contribution >= 0.6 is 11.8 Å². The Kier molecular flexibility index (Phi) is 6.16. The summed E-state index contributed by atoms with van der Waals surface area (Å²) in [7, 11) is 0. The van der Waals surface area contributed by atoms with Crippen LogP contribution in [-0.2, 0) is 4.79 Å². The molecule has 0 aromatic carbocycles. The van der Waals surface area contributed by atoms with Gasteiger partial charge >= 0.3 is 0 Å².